The second-order valence-electron chi connectivity index (χ2n) is 4.75. The Bertz CT molecular complexity index is 460. The lowest BCUT2D eigenvalue weighted by Gasteiger charge is -2.15. The molecule has 2 rings (SSSR count). The van der Waals surface area contributed by atoms with E-state index < -0.39 is 23.8 Å². The summed E-state index contributed by atoms with van der Waals surface area (Å²) in [4.78, 5) is 24.8. The van der Waals surface area contributed by atoms with Gasteiger partial charge in [-0.05, 0) is 5.56 Å². The Balaban J connectivity index is 2.05. The Morgan fingerprint density at radius 2 is 1.89 bits per heavy atom. The molecule has 5 nitrogen and oxygen atoms in total. The van der Waals surface area contributed by atoms with E-state index >= 15 is 0 Å². The fourth-order valence-corrected chi connectivity index (χ4v) is 2.50. The first-order valence-electron chi connectivity index (χ1n) is 6.18. The molecule has 1 aliphatic heterocycles. The zero-order valence-electron chi connectivity index (χ0n) is 10.8. The van der Waals surface area contributed by atoms with Crippen LogP contribution < -0.4 is 0 Å². The van der Waals surface area contributed by atoms with Gasteiger partial charge in [-0.15, -0.1) is 0 Å². The molecule has 0 aromatic heterocycles. The molecule has 1 aliphatic rings. The van der Waals surface area contributed by atoms with E-state index in [-0.39, 0.29) is 0 Å². The number of methoxy groups -OCH3 is 1. The molecule has 1 N–H and O–H groups in total. The van der Waals surface area contributed by atoms with E-state index in [0.717, 1.165) is 5.56 Å². The van der Waals surface area contributed by atoms with Crippen LogP contribution in [0.2, 0.25) is 0 Å². The Morgan fingerprint density at radius 3 is 2.47 bits per heavy atom. The number of rotatable bonds is 4. The van der Waals surface area contributed by atoms with Crippen molar-refractivity contribution in [1.82, 2.24) is 4.90 Å². The molecule has 1 aromatic rings. The highest BCUT2D eigenvalue weighted by molar-refractivity contribution is 5.82. The second-order valence-corrected chi connectivity index (χ2v) is 4.75. The molecule has 5 heteroatoms. The molecule has 102 valence electrons. The van der Waals surface area contributed by atoms with Gasteiger partial charge in [-0.3, -0.25) is 14.5 Å². The third-order valence-corrected chi connectivity index (χ3v) is 3.47. The average molecular weight is 263 g/mol. The minimum Gasteiger partial charge on any atom is -0.481 e. The first-order valence-corrected chi connectivity index (χ1v) is 6.18. The standard InChI is InChI=1S/C14H17NO4/c1-19-14(18)12-9-15(8-11(12)13(16)17)7-10-5-3-2-4-6-10/h2-6,11-12H,7-9H2,1H3,(H,16,17)/t11-,12-/m1/s1. The predicted molar refractivity (Wildman–Crippen MR) is 68.4 cm³/mol. The SMILES string of the molecule is COC(=O)[C@@H]1CN(Cc2ccccc2)C[C@H]1C(=O)O. The molecular formula is C14H17NO4. The maximum atomic E-state index is 11.6. The van der Waals surface area contributed by atoms with Crippen molar-refractivity contribution >= 4 is 11.9 Å². The maximum absolute atomic E-state index is 11.6. The lowest BCUT2D eigenvalue weighted by Crippen LogP contribution is -2.29. The summed E-state index contributed by atoms with van der Waals surface area (Å²) in [6.07, 6.45) is 0. The number of benzene rings is 1. The summed E-state index contributed by atoms with van der Waals surface area (Å²) in [6, 6.07) is 9.79. The molecular weight excluding hydrogens is 246 g/mol. The topological polar surface area (TPSA) is 66.8 Å². The van der Waals surface area contributed by atoms with Gasteiger partial charge in [0.25, 0.3) is 0 Å². The van der Waals surface area contributed by atoms with E-state index in [0.29, 0.717) is 19.6 Å². The molecule has 1 saturated heterocycles. The van der Waals surface area contributed by atoms with Crippen LogP contribution in [-0.2, 0) is 20.9 Å². The van der Waals surface area contributed by atoms with Crippen LogP contribution in [0.3, 0.4) is 0 Å². The van der Waals surface area contributed by atoms with Gasteiger partial charge < -0.3 is 9.84 Å². The van der Waals surface area contributed by atoms with Crippen molar-refractivity contribution in [2.24, 2.45) is 11.8 Å². The van der Waals surface area contributed by atoms with Crippen molar-refractivity contribution < 1.29 is 19.4 Å². The highest BCUT2D eigenvalue weighted by atomic mass is 16.5. The molecule has 0 unspecified atom stereocenters. The summed E-state index contributed by atoms with van der Waals surface area (Å²) in [7, 11) is 1.29. The first kappa shape index (κ1) is 13.5. The smallest absolute Gasteiger partial charge is 0.310 e. The minimum atomic E-state index is -0.939. The van der Waals surface area contributed by atoms with Crippen molar-refractivity contribution in [3.05, 3.63) is 35.9 Å². The van der Waals surface area contributed by atoms with E-state index in [2.05, 4.69) is 4.74 Å². The minimum absolute atomic E-state index is 0.379. The number of carboxylic acid groups (broad SMARTS) is 1. The molecule has 0 bridgehead atoms. The molecule has 1 aromatic carbocycles. The summed E-state index contributed by atoms with van der Waals surface area (Å²) in [5.41, 5.74) is 1.11. The zero-order chi connectivity index (χ0) is 13.8. The van der Waals surface area contributed by atoms with E-state index in [1.165, 1.54) is 7.11 Å². The molecule has 0 spiro atoms. The van der Waals surface area contributed by atoms with Gasteiger partial charge in [0, 0.05) is 19.6 Å². The molecule has 2 atom stereocenters. The third-order valence-electron chi connectivity index (χ3n) is 3.47. The Morgan fingerprint density at radius 1 is 1.26 bits per heavy atom. The number of carbonyl (C=O) groups excluding carboxylic acids is 1. The van der Waals surface area contributed by atoms with Gasteiger partial charge >= 0.3 is 11.9 Å². The summed E-state index contributed by atoms with van der Waals surface area (Å²) < 4.78 is 4.68. The number of hydrogen-bond acceptors (Lipinski definition) is 4. The fraction of sp³-hybridized carbons (Fsp3) is 0.429. The summed E-state index contributed by atoms with van der Waals surface area (Å²) in [5, 5.41) is 9.18. The number of carbonyl (C=O) groups is 2. The van der Waals surface area contributed by atoms with Crippen LogP contribution in [0.4, 0.5) is 0 Å². The van der Waals surface area contributed by atoms with Crippen LogP contribution in [-0.4, -0.2) is 42.1 Å². The fourth-order valence-electron chi connectivity index (χ4n) is 2.50. The lowest BCUT2D eigenvalue weighted by molar-refractivity contribution is -0.153. The molecule has 0 aliphatic carbocycles. The predicted octanol–water partition coefficient (Wildman–Crippen LogP) is 0.992. The van der Waals surface area contributed by atoms with Crippen molar-refractivity contribution in [3.63, 3.8) is 0 Å². The van der Waals surface area contributed by atoms with E-state index in [9.17, 15) is 14.7 Å². The van der Waals surface area contributed by atoms with Gasteiger partial charge in [0.05, 0.1) is 18.9 Å². The molecule has 1 heterocycles. The van der Waals surface area contributed by atoms with Gasteiger partial charge in [-0.25, -0.2) is 0 Å². The van der Waals surface area contributed by atoms with Crippen LogP contribution in [0.15, 0.2) is 30.3 Å². The van der Waals surface area contributed by atoms with Gasteiger partial charge in [0.15, 0.2) is 0 Å². The number of aliphatic carboxylic acids is 1. The highest BCUT2D eigenvalue weighted by Crippen LogP contribution is 2.26. The van der Waals surface area contributed by atoms with Crippen molar-refractivity contribution in [3.8, 4) is 0 Å². The van der Waals surface area contributed by atoms with E-state index in [1.807, 2.05) is 35.2 Å². The largest absolute Gasteiger partial charge is 0.481 e. The van der Waals surface area contributed by atoms with Crippen LogP contribution >= 0.6 is 0 Å². The number of hydrogen-bond donors (Lipinski definition) is 1. The van der Waals surface area contributed by atoms with Gasteiger partial charge in [0.1, 0.15) is 0 Å². The van der Waals surface area contributed by atoms with Crippen LogP contribution in [0.25, 0.3) is 0 Å². The Labute approximate surface area is 111 Å². The number of nitrogens with zero attached hydrogens (tertiary/aromatic N) is 1. The van der Waals surface area contributed by atoms with Crippen molar-refractivity contribution in [1.29, 1.82) is 0 Å². The van der Waals surface area contributed by atoms with E-state index in [4.69, 9.17) is 0 Å². The molecule has 0 saturated carbocycles. The number of ether oxygens (including phenoxy) is 1. The number of carboxylic acids is 1. The summed E-state index contributed by atoms with van der Waals surface area (Å²) in [6.45, 7) is 1.46. The Hall–Kier alpha value is -1.88. The molecule has 19 heavy (non-hydrogen) atoms. The second kappa shape index (κ2) is 5.84. The first-order chi connectivity index (χ1) is 9.11. The van der Waals surface area contributed by atoms with Gasteiger partial charge in [0.2, 0.25) is 0 Å². The lowest BCUT2D eigenvalue weighted by atomic mass is 9.97. The van der Waals surface area contributed by atoms with Crippen LogP contribution in [0, 0.1) is 11.8 Å². The quantitative estimate of drug-likeness (QED) is 0.821. The normalized spacial score (nSPS) is 23.2. The van der Waals surface area contributed by atoms with Crippen molar-refractivity contribution in [2.75, 3.05) is 20.2 Å². The van der Waals surface area contributed by atoms with Crippen LogP contribution in [0.5, 0.6) is 0 Å². The molecule has 0 radical (unpaired) electrons. The van der Waals surface area contributed by atoms with E-state index in [1.54, 1.807) is 0 Å². The van der Waals surface area contributed by atoms with Gasteiger partial charge in [-0.2, -0.15) is 0 Å². The third kappa shape index (κ3) is 3.12. The zero-order valence-corrected chi connectivity index (χ0v) is 10.8. The molecule has 1 fully saturated rings. The highest BCUT2D eigenvalue weighted by Gasteiger charge is 2.42. The molecule has 0 amide bonds. The summed E-state index contributed by atoms with van der Waals surface area (Å²) >= 11 is 0. The van der Waals surface area contributed by atoms with Crippen molar-refractivity contribution in [2.45, 2.75) is 6.54 Å². The average Bonchev–Trinajstić information content (AvgIpc) is 2.83. The Kier molecular flexibility index (Phi) is 4.16. The number of esters is 1. The number of likely N-dealkylation sites (tertiary alicyclic amines) is 1. The van der Waals surface area contributed by atoms with Crippen LogP contribution in [0.1, 0.15) is 5.56 Å². The summed E-state index contributed by atoms with van der Waals surface area (Å²) in [5.74, 6) is -2.64. The maximum Gasteiger partial charge on any atom is 0.310 e. The monoisotopic (exact) mass is 263 g/mol. The van der Waals surface area contributed by atoms with Gasteiger partial charge in [-0.1, -0.05) is 30.3 Å².